The van der Waals surface area contributed by atoms with E-state index >= 15 is 0 Å². The number of carbonyl (C=O) groups is 1. The van der Waals surface area contributed by atoms with Crippen LogP contribution in [0.2, 0.25) is 0 Å². The number of morpholine rings is 1. The van der Waals surface area contributed by atoms with E-state index in [0.717, 1.165) is 18.8 Å². The van der Waals surface area contributed by atoms with E-state index in [1.807, 2.05) is 36.4 Å². The fourth-order valence-corrected chi connectivity index (χ4v) is 5.00. The van der Waals surface area contributed by atoms with Gasteiger partial charge in [0.2, 0.25) is 0 Å². The number of amides is 1. The van der Waals surface area contributed by atoms with Gasteiger partial charge in [-0.1, -0.05) is 24.3 Å². The van der Waals surface area contributed by atoms with E-state index < -0.39 is 0 Å². The first-order valence-electron chi connectivity index (χ1n) is 11.2. The SMILES string of the molecule is O=C(NC[C@@H](c1cccs1)N1CCOCC1)c1cn(-c2ccccc2)nc1-c1ccc(F)cc1. The van der Waals surface area contributed by atoms with Crippen LogP contribution in [0.1, 0.15) is 21.3 Å². The average molecular weight is 477 g/mol. The smallest absolute Gasteiger partial charge is 0.255 e. The van der Waals surface area contributed by atoms with Crippen LogP contribution in [0.15, 0.2) is 78.3 Å². The number of rotatable bonds is 7. The Morgan fingerprint density at radius 3 is 2.53 bits per heavy atom. The lowest BCUT2D eigenvalue weighted by Crippen LogP contribution is -2.43. The van der Waals surface area contributed by atoms with E-state index in [2.05, 4.69) is 26.8 Å². The number of nitrogens with one attached hydrogen (secondary N) is 1. The van der Waals surface area contributed by atoms with Crippen molar-refractivity contribution in [2.45, 2.75) is 6.04 Å². The second-order valence-corrected chi connectivity index (χ2v) is 9.05. The van der Waals surface area contributed by atoms with Gasteiger partial charge in [-0.05, 0) is 47.8 Å². The summed E-state index contributed by atoms with van der Waals surface area (Å²) in [4.78, 5) is 17.0. The summed E-state index contributed by atoms with van der Waals surface area (Å²) in [6.07, 6.45) is 1.73. The molecule has 174 valence electrons. The second-order valence-electron chi connectivity index (χ2n) is 8.07. The van der Waals surface area contributed by atoms with Crippen molar-refractivity contribution in [3.63, 3.8) is 0 Å². The number of hydrogen-bond donors (Lipinski definition) is 1. The molecule has 0 bridgehead atoms. The van der Waals surface area contributed by atoms with Crippen molar-refractivity contribution in [1.82, 2.24) is 20.0 Å². The Hall–Kier alpha value is -3.33. The Morgan fingerprint density at radius 2 is 1.82 bits per heavy atom. The highest BCUT2D eigenvalue weighted by atomic mass is 32.1. The number of halogens is 1. The number of benzene rings is 2. The summed E-state index contributed by atoms with van der Waals surface area (Å²) in [5.41, 5.74) is 2.49. The first kappa shape index (κ1) is 22.5. The second kappa shape index (κ2) is 10.3. The highest BCUT2D eigenvalue weighted by Crippen LogP contribution is 2.27. The third-order valence-electron chi connectivity index (χ3n) is 5.91. The van der Waals surface area contributed by atoms with Gasteiger partial charge in [0.1, 0.15) is 11.5 Å². The van der Waals surface area contributed by atoms with E-state index in [9.17, 15) is 9.18 Å². The normalized spacial score (nSPS) is 15.2. The van der Waals surface area contributed by atoms with Crippen LogP contribution in [0.25, 0.3) is 16.9 Å². The Morgan fingerprint density at radius 1 is 1.06 bits per heavy atom. The Balaban J connectivity index is 1.42. The van der Waals surface area contributed by atoms with Crippen molar-refractivity contribution in [2.75, 3.05) is 32.8 Å². The number of thiophene rings is 1. The topological polar surface area (TPSA) is 59.4 Å². The van der Waals surface area contributed by atoms with Gasteiger partial charge in [-0.2, -0.15) is 5.10 Å². The fourth-order valence-electron chi connectivity index (χ4n) is 4.14. The van der Waals surface area contributed by atoms with E-state index in [4.69, 9.17) is 4.74 Å². The summed E-state index contributed by atoms with van der Waals surface area (Å²) in [7, 11) is 0. The number of ether oxygens (including phenoxy) is 1. The van der Waals surface area contributed by atoms with Gasteiger partial charge < -0.3 is 10.1 Å². The van der Waals surface area contributed by atoms with E-state index in [1.54, 1.807) is 34.3 Å². The van der Waals surface area contributed by atoms with Crippen LogP contribution in [0, 0.1) is 5.82 Å². The molecule has 1 saturated heterocycles. The summed E-state index contributed by atoms with van der Waals surface area (Å²) in [5.74, 6) is -0.544. The third-order valence-corrected chi connectivity index (χ3v) is 6.88. The van der Waals surface area contributed by atoms with Crippen LogP contribution >= 0.6 is 11.3 Å². The van der Waals surface area contributed by atoms with Crippen LogP contribution in [0.4, 0.5) is 4.39 Å². The molecule has 4 aromatic rings. The maximum absolute atomic E-state index is 13.5. The predicted molar refractivity (Wildman–Crippen MR) is 131 cm³/mol. The summed E-state index contributed by atoms with van der Waals surface area (Å²) in [5, 5.41) is 9.86. The Bertz CT molecular complexity index is 1220. The van der Waals surface area contributed by atoms with Crippen LogP contribution in [-0.4, -0.2) is 53.4 Å². The van der Waals surface area contributed by atoms with Crippen LogP contribution in [0.5, 0.6) is 0 Å². The zero-order valence-corrected chi connectivity index (χ0v) is 19.4. The van der Waals surface area contributed by atoms with Gasteiger partial charge in [0, 0.05) is 36.3 Å². The first-order valence-corrected chi connectivity index (χ1v) is 12.1. The summed E-state index contributed by atoms with van der Waals surface area (Å²) in [6.45, 7) is 3.50. The lowest BCUT2D eigenvalue weighted by Gasteiger charge is -2.34. The van der Waals surface area contributed by atoms with Gasteiger partial charge in [-0.3, -0.25) is 9.69 Å². The highest BCUT2D eigenvalue weighted by molar-refractivity contribution is 7.10. The maximum atomic E-state index is 13.5. The molecule has 5 rings (SSSR count). The molecule has 0 saturated carbocycles. The minimum absolute atomic E-state index is 0.0753. The lowest BCUT2D eigenvalue weighted by molar-refractivity contribution is 0.0169. The highest BCUT2D eigenvalue weighted by Gasteiger charge is 2.25. The molecule has 34 heavy (non-hydrogen) atoms. The monoisotopic (exact) mass is 476 g/mol. The van der Waals surface area contributed by atoms with E-state index in [1.165, 1.54) is 17.0 Å². The molecule has 6 nitrogen and oxygen atoms in total. The van der Waals surface area contributed by atoms with E-state index in [-0.39, 0.29) is 17.8 Å². The van der Waals surface area contributed by atoms with Crippen molar-refractivity contribution < 1.29 is 13.9 Å². The predicted octanol–water partition coefficient (Wildman–Crippen LogP) is 4.54. The van der Waals surface area contributed by atoms with Crippen molar-refractivity contribution in [3.05, 3.63) is 94.6 Å². The molecule has 2 aromatic carbocycles. The summed E-state index contributed by atoms with van der Waals surface area (Å²) in [6, 6.07) is 19.9. The molecule has 8 heteroatoms. The van der Waals surface area contributed by atoms with Crippen LogP contribution < -0.4 is 5.32 Å². The fraction of sp³-hybridized carbons (Fsp3) is 0.231. The minimum Gasteiger partial charge on any atom is -0.379 e. The minimum atomic E-state index is -0.332. The van der Waals surface area contributed by atoms with Gasteiger partial charge in [0.25, 0.3) is 5.91 Å². The standard InChI is InChI=1S/C26H25FN4O2S/c27-20-10-8-19(9-11-20)25-22(18-31(29-25)21-5-2-1-3-6-21)26(32)28-17-23(24-7-4-16-34-24)30-12-14-33-15-13-30/h1-11,16,18,23H,12-15,17H2,(H,28,32)/t23-/m0/s1. The molecule has 1 amide bonds. The van der Waals surface area contributed by atoms with Gasteiger partial charge in [-0.25, -0.2) is 9.07 Å². The maximum Gasteiger partial charge on any atom is 0.255 e. The number of nitrogens with zero attached hydrogens (tertiary/aromatic N) is 3. The molecule has 0 aliphatic carbocycles. The van der Waals surface area contributed by atoms with Gasteiger partial charge in [-0.15, -0.1) is 11.3 Å². The largest absolute Gasteiger partial charge is 0.379 e. The Labute approximate surface area is 201 Å². The molecule has 1 N–H and O–H groups in total. The summed E-state index contributed by atoms with van der Waals surface area (Å²) >= 11 is 1.69. The van der Waals surface area contributed by atoms with Gasteiger partial charge in [0.15, 0.2) is 0 Å². The molecule has 1 atom stereocenters. The zero-order valence-electron chi connectivity index (χ0n) is 18.6. The number of carbonyl (C=O) groups excluding carboxylic acids is 1. The summed E-state index contributed by atoms with van der Waals surface area (Å²) < 4.78 is 20.7. The molecule has 0 spiro atoms. The molecule has 1 fully saturated rings. The van der Waals surface area contributed by atoms with Crippen molar-refractivity contribution in [2.24, 2.45) is 0 Å². The third kappa shape index (κ3) is 4.94. The molecular weight excluding hydrogens is 451 g/mol. The molecular formula is C26H25FN4O2S. The molecule has 2 aromatic heterocycles. The number of aromatic nitrogens is 2. The van der Waals surface area contributed by atoms with Crippen molar-refractivity contribution in [3.8, 4) is 16.9 Å². The molecule has 3 heterocycles. The number of para-hydroxylation sites is 1. The van der Waals surface area contributed by atoms with Crippen molar-refractivity contribution in [1.29, 1.82) is 0 Å². The van der Waals surface area contributed by atoms with E-state index in [0.29, 0.717) is 36.6 Å². The quantitative estimate of drug-likeness (QED) is 0.425. The Kier molecular flexibility index (Phi) is 6.80. The molecule has 0 unspecified atom stereocenters. The van der Waals surface area contributed by atoms with Gasteiger partial charge >= 0.3 is 0 Å². The average Bonchev–Trinajstić information content (AvgIpc) is 3.57. The van der Waals surface area contributed by atoms with Crippen molar-refractivity contribution >= 4 is 17.2 Å². The lowest BCUT2D eigenvalue weighted by atomic mass is 10.1. The zero-order chi connectivity index (χ0) is 23.3. The molecule has 1 aliphatic heterocycles. The van der Waals surface area contributed by atoms with Crippen LogP contribution in [-0.2, 0) is 4.74 Å². The number of hydrogen-bond acceptors (Lipinski definition) is 5. The van der Waals surface area contributed by atoms with Crippen LogP contribution in [0.3, 0.4) is 0 Å². The first-order chi connectivity index (χ1) is 16.7. The molecule has 0 radical (unpaired) electrons. The van der Waals surface area contributed by atoms with Gasteiger partial charge in [0.05, 0.1) is 30.5 Å². The molecule has 1 aliphatic rings.